The lowest BCUT2D eigenvalue weighted by Gasteiger charge is -2.29. The number of aryl methyl sites for hydroxylation is 1. The molecule has 8 nitrogen and oxygen atoms in total. The Labute approximate surface area is 155 Å². The number of nitrogens with one attached hydrogen (secondary N) is 1. The molecule has 1 aliphatic heterocycles. The minimum Gasteiger partial charge on any atom is -0.482 e. The van der Waals surface area contributed by atoms with Crippen molar-refractivity contribution in [1.82, 2.24) is 0 Å². The number of rotatable bonds is 6. The number of carbonyl (C=O) groups excluding carboxylic acids is 2. The van der Waals surface area contributed by atoms with E-state index >= 15 is 0 Å². The lowest BCUT2D eigenvalue weighted by atomic mass is 10.1. The first-order valence-electron chi connectivity index (χ1n) is 8.59. The van der Waals surface area contributed by atoms with E-state index in [2.05, 4.69) is 5.32 Å². The van der Waals surface area contributed by atoms with Gasteiger partial charge in [-0.05, 0) is 24.6 Å². The Bertz CT molecular complexity index is 897. The Morgan fingerprint density at radius 1 is 1.30 bits per heavy atom. The van der Waals surface area contributed by atoms with Crippen LogP contribution in [0.25, 0.3) is 0 Å². The normalized spacial score (nSPS) is 12.9. The van der Waals surface area contributed by atoms with Gasteiger partial charge in [-0.3, -0.25) is 19.7 Å². The van der Waals surface area contributed by atoms with Crippen molar-refractivity contribution in [3.05, 3.63) is 58.1 Å². The number of para-hydroxylation sites is 2. The number of nitro benzene ring substituents is 1. The minimum absolute atomic E-state index is 0.0208. The molecule has 2 amide bonds. The Morgan fingerprint density at radius 3 is 2.81 bits per heavy atom. The highest BCUT2D eigenvalue weighted by atomic mass is 16.6. The molecule has 1 aliphatic rings. The molecule has 0 atom stereocenters. The molecular formula is C19H19N3O5. The van der Waals surface area contributed by atoms with Crippen molar-refractivity contribution in [1.29, 1.82) is 0 Å². The van der Waals surface area contributed by atoms with Crippen LogP contribution in [-0.4, -0.2) is 29.9 Å². The average molecular weight is 369 g/mol. The van der Waals surface area contributed by atoms with Gasteiger partial charge in [0.05, 0.1) is 10.6 Å². The Kier molecular flexibility index (Phi) is 5.35. The minimum atomic E-state index is -0.460. The van der Waals surface area contributed by atoms with Crippen molar-refractivity contribution in [3.63, 3.8) is 0 Å². The van der Waals surface area contributed by atoms with Crippen LogP contribution >= 0.6 is 0 Å². The molecule has 1 heterocycles. The Balaban J connectivity index is 1.66. The molecule has 0 aromatic heterocycles. The number of anilines is 2. The molecule has 2 aromatic carbocycles. The molecule has 3 rings (SSSR count). The van der Waals surface area contributed by atoms with Crippen LogP contribution in [-0.2, 0) is 16.0 Å². The highest BCUT2D eigenvalue weighted by molar-refractivity contribution is 5.99. The van der Waals surface area contributed by atoms with E-state index in [1.165, 1.54) is 11.0 Å². The molecule has 0 aliphatic carbocycles. The number of hydrogen-bond donors (Lipinski definition) is 1. The molecule has 1 N–H and O–H groups in total. The van der Waals surface area contributed by atoms with Crippen LogP contribution in [0.2, 0.25) is 0 Å². The fourth-order valence-corrected chi connectivity index (χ4v) is 2.95. The van der Waals surface area contributed by atoms with Crippen LogP contribution < -0.4 is 15.0 Å². The fourth-order valence-electron chi connectivity index (χ4n) is 2.95. The van der Waals surface area contributed by atoms with Gasteiger partial charge in [-0.2, -0.15) is 0 Å². The van der Waals surface area contributed by atoms with Gasteiger partial charge in [0, 0.05) is 30.3 Å². The van der Waals surface area contributed by atoms with E-state index in [9.17, 15) is 19.7 Å². The van der Waals surface area contributed by atoms with E-state index in [4.69, 9.17) is 4.74 Å². The lowest BCUT2D eigenvalue weighted by Crippen LogP contribution is -2.40. The number of benzene rings is 2. The molecule has 8 heteroatoms. The molecule has 2 aromatic rings. The van der Waals surface area contributed by atoms with E-state index in [0.29, 0.717) is 29.1 Å². The van der Waals surface area contributed by atoms with E-state index in [-0.39, 0.29) is 37.1 Å². The van der Waals surface area contributed by atoms with Crippen LogP contribution in [0.15, 0.2) is 42.5 Å². The maximum atomic E-state index is 12.3. The van der Waals surface area contributed by atoms with Gasteiger partial charge in [0.25, 0.3) is 11.6 Å². The summed E-state index contributed by atoms with van der Waals surface area (Å²) < 4.78 is 5.37. The summed E-state index contributed by atoms with van der Waals surface area (Å²) in [6, 6.07) is 11.8. The molecular weight excluding hydrogens is 350 g/mol. The molecule has 27 heavy (non-hydrogen) atoms. The van der Waals surface area contributed by atoms with Gasteiger partial charge in [-0.25, -0.2) is 0 Å². The number of fused-ring (bicyclic) bond motifs is 1. The van der Waals surface area contributed by atoms with Gasteiger partial charge in [-0.15, -0.1) is 0 Å². The molecule has 0 fully saturated rings. The van der Waals surface area contributed by atoms with Crippen LogP contribution in [0.1, 0.15) is 18.9 Å². The highest BCUT2D eigenvalue weighted by Gasteiger charge is 2.25. The third-order valence-electron chi connectivity index (χ3n) is 4.32. The summed E-state index contributed by atoms with van der Waals surface area (Å²) in [6.07, 6.45) is 0.590. The summed E-state index contributed by atoms with van der Waals surface area (Å²) in [4.78, 5) is 36.6. The van der Waals surface area contributed by atoms with Gasteiger partial charge >= 0.3 is 0 Å². The standard InChI is InChI=1S/C19H19N3O5/c1-2-13-7-8-14(11-16(13)22(25)26)20-18(23)9-10-21-15-5-3-4-6-17(15)27-12-19(21)24/h3-8,11H,2,9-10,12H2,1H3,(H,20,23). The second kappa shape index (κ2) is 7.86. The molecule has 0 saturated heterocycles. The fraction of sp³-hybridized carbons (Fsp3) is 0.263. The van der Waals surface area contributed by atoms with Crippen molar-refractivity contribution in [2.75, 3.05) is 23.4 Å². The Hall–Kier alpha value is -3.42. The van der Waals surface area contributed by atoms with Gasteiger partial charge in [-0.1, -0.05) is 25.1 Å². The first kappa shape index (κ1) is 18.4. The maximum Gasteiger partial charge on any atom is 0.274 e. The number of ether oxygens (including phenoxy) is 1. The zero-order valence-electron chi connectivity index (χ0n) is 14.8. The smallest absolute Gasteiger partial charge is 0.274 e. The summed E-state index contributed by atoms with van der Waals surface area (Å²) in [5.74, 6) is 0.0537. The van der Waals surface area contributed by atoms with Crippen LogP contribution in [0.5, 0.6) is 5.75 Å². The summed E-state index contributed by atoms with van der Waals surface area (Å²) in [6.45, 7) is 1.96. The molecule has 0 saturated carbocycles. The van der Waals surface area contributed by atoms with E-state index < -0.39 is 4.92 Å². The number of nitrogens with zero attached hydrogens (tertiary/aromatic N) is 2. The zero-order chi connectivity index (χ0) is 19.4. The van der Waals surface area contributed by atoms with Gasteiger partial charge in [0.15, 0.2) is 6.61 Å². The summed E-state index contributed by atoms with van der Waals surface area (Å²) in [7, 11) is 0. The largest absolute Gasteiger partial charge is 0.482 e. The average Bonchev–Trinajstić information content (AvgIpc) is 2.67. The second-order valence-corrected chi connectivity index (χ2v) is 6.05. The van der Waals surface area contributed by atoms with Crippen molar-refractivity contribution in [3.8, 4) is 5.75 Å². The molecule has 0 radical (unpaired) electrons. The van der Waals surface area contributed by atoms with Gasteiger partial charge in [0.2, 0.25) is 5.91 Å². The highest BCUT2D eigenvalue weighted by Crippen LogP contribution is 2.31. The molecule has 0 spiro atoms. The van der Waals surface area contributed by atoms with E-state index in [1.807, 2.05) is 13.0 Å². The SMILES string of the molecule is CCc1ccc(NC(=O)CCN2C(=O)COc3ccccc32)cc1[N+](=O)[O-]. The van der Waals surface area contributed by atoms with Gasteiger partial charge < -0.3 is 15.0 Å². The van der Waals surface area contributed by atoms with Crippen molar-refractivity contribution in [2.45, 2.75) is 19.8 Å². The van der Waals surface area contributed by atoms with Crippen molar-refractivity contribution < 1.29 is 19.2 Å². The Morgan fingerprint density at radius 2 is 2.07 bits per heavy atom. The first-order valence-corrected chi connectivity index (χ1v) is 8.59. The van der Waals surface area contributed by atoms with Crippen molar-refractivity contribution in [2.24, 2.45) is 0 Å². The lowest BCUT2D eigenvalue weighted by molar-refractivity contribution is -0.385. The summed E-state index contributed by atoms with van der Waals surface area (Å²) in [5, 5.41) is 13.8. The van der Waals surface area contributed by atoms with Gasteiger partial charge in [0.1, 0.15) is 5.75 Å². The number of amides is 2. The summed E-state index contributed by atoms with van der Waals surface area (Å²) in [5.41, 5.74) is 1.57. The molecule has 0 bridgehead atoms. The third kappa shape index (κ3) is 4.05. The molecule has 0 unspecified atom stereocenters. The maximum absolute atomic E-state index is 12.3. The van der Waals surface area contributed by atoms with Crippen molar-refractivity contribution >= 4 is 28.9 Å². The quantitative estimate of drug-likeness (QED) is 0.623. The predicted octanol–water partition coefficient (Wildman–Crippen LogP) is 2.91. The van der Waals surface area contributed by atoms with E-state index in [1.54, 1.807) is 30.3 Å². The monoisotopic (exact) mass is 369 g/mol. The zero-order valence-corrected chi connectivity index (χ0v) is 14.8. The number of hydrogen-bond acceptors (Lipinski definition) is 5. The first-order chi connectivity index (χ1) is 13.0. The second-order valence-electron chi connectivity index (χ2n) is 6.05. The van der Waals surface area contributed by atoms with Crippen LogP contribution in [0.3, 0.4) is 0 Å². The number of carbonyl (C=O) groups is 2. The summed E-state index contributed by atoms with van der Waals surface area (Å²) >= 11 is 0. The molecule has 140 valence electrons. The topological polar surface area (TPSA) is 102 Å². The number of nitro groups is 1. The van der Waals surface area contributed by atoms with Crippen LogP contribution in [0, 0.1) is 10.1 Å². The van der Waals surface area contributed by atoms with Crippen LogP contribution in [0.4, 0.5) is 17.1 Å². The van der Waals surface area contributed by atoms with E-state index in [0.717, 1.165) is 0 Å². The predicted molar refractivity (Wildman–Crippen MR) is 100 cm³/mol. The third-order valence-corrected chi connectivity index (χ3v) is 4.32.